The van der Waals surface area contributed by atoms with Crippen molar-refractivity contribution in [2.45, 2.75) is 51.2 Å². The third kappa shape index (κ3) is 5.46. The van der Waals surface area contributed by atoms with Gasteiger partial charge < -0.3 is 24.8 Å². The van der Waals surface area contributed by atoms with Gasteiger partial charge in [-0.05, 0) is 43.4 Å². The first-order valence-electron chi connectivity index (χ1n) is 9.55. The number of nitrogens with one attached hydrogen (secondary N) is 1. The minimum absolute atomic E-state index is 0.00410. The molecular weight excluding hydrogens is 353 g/mol. The largest absolute Gasteiger partial charge is 0.454 e. The molecule has 1 aromatic rings. The van der Waals surface area contributed by atoms with E-state index in [-0.39, 0.29) is 25.5 Å². The molecule has 2 aliphatic rings. The Morgan fingerprint density at radius 2 is 1.96 bits per heavy atom. The minimum atomic E-state index is -3.29. The predicted molar refractivity (Wildman–Crippen MR) is 101 cm³/mol. The van der Waals surface area contributed by atoms with Crippen LogP contribution in [0.3, 0.4) is 0 Å². The second-order valence-corrected chi connectivity index (χ2v) is 10.0. The van der Waals surface area contributed by atoms with E-state index in [9.17, 15) is 14.6 Å². The second kappa shape index (κ2) is 8.75. The van der Waals surface area contributed by atoms with E-state index in [0.717, 1.165) is 42.7 Å². The van der Waals surface area contributed by atoms with E-state index in [4.69, 9.17) is 9.47 Å². The van der Waals surface area contributed by atoms with E-state index >= 15 is 0 Å². The molecule has 2 unspecified atom stereocenters. The number of hydrogen-bond donors (Lipinski definition) is 3. The van der Waals surface area contributed by atoms with Crippen LogP contribution in [0.5, 0.6) is 11.5 Å². The molecule has 0 aromatic heterocycles. The molecule has 146 valence electrons. The lowest BCUT2D eigenvalue weighted by Crippen LogP contribution is -2.32. The topological polar surface area (TPSA) is 88.0 Å². The van der Waals surface area contributed by atoms with Crippen molar-refractivity contribution in [3.63, 3.8) is 0 Å². The van der Waals surface area contributed by atoms with Crippen molar-refractivity contribution in [3.8, 4) is 11.5 Å². The second-order valence-electron chi connectivity index (χ2n) is 7.61. The number of fused-ring (bicyclic) bond motifs is 1. The van der Waals surface area contributed by atoms with E-state index in [1.807, 2.05) is 25.1 Å². The summed E-state index contributed by atoms with van der Waals surface area (Å²) in [5.41, 5.74) is 1.02. The molecule has 1 aliphatic heterocycles. The number of ether oxygens (including phenoxy) is 2. The normalized spacial score (nSPS) is 22.0. The molecule has 3 rings (SSSR count). The molecule has 0 spiro atoms. The van der Waals surface area contributed by atoms with Gasteiger partial charge >= 0.3 is 0 Å². The summed E-state index contributed by atoms with van der Waals surface area (Å²) in [7, 11) is -3.29. The molecule has 3 N–H and O–H groups in total. The zero-order valence-corrected chi connectivity index (χ0v) is 16.3. The Bertz CT molecular complexity index is 647. The van der Waals surface area contributed by atoms with Gasteiger partial charge in [-0.25, -0.2) is 0 Å². The van der Waals surface area contributed by atoms with Gasteiger partial charge in [-0.15, -0.1) is 0 Å². The molecule has 7 heteroatoms. The van der Waals surface area contributed by atoms with Gasteiger partial charge in [-0.3, -0.25) is 4.57 Å². The minimum Gasteiger partial charge on any atom is -0.454 e. The van der Waals surface area contributed by atoms with Gasteiger partial charge in [-0.2, -0.15) is 0 Å². The van der Waals surface area contributed by atoms with Crippen LogP contribution in [-0.2, 0) is 4.57 Å². The Labute approximate surface area is 155 Å². The fraction of sp³-hybridized carbons (Fsp3) is 0.684. The average Bonchev–Trinajstić information content (AvgIpc) is 3.07. The fourth-order valence-corrected chi connectivity index (χ4v) is 5.96. The van der Waals surface area contributed by atoms with Crippen molar-refractivity contribution in [2.75, 3.05) is 25.7 Å². The van der Waals surface area contributed by atoms with Crippen LogP contribution in [0.2, 0.25) is 0 Å². The summed E-state index contributed by atoms with van der Waals surface area (Å²) in [5.74, 6) is 1.81. The van der Waals surface area contributed by atoms with E-state index < -0.39 is 13.5 Å². The molecule has 0 amide bonds. The maximum Gasteiger partial charge on any atom is 0.231 e. The number of aliphatic hydroxyl groups excluding tert-OH is 1. The third-order valence-electron chi connectivity index (χ3n) is 5.32. The first-order valence-corrected chi connectivity index (χ1v) is 11.6. The molecule has 6 nitrogen and oxygen atoms in total. The molecule has 1 fully saturated rings. The average molecular weight is 383 g/mol. The summed E-state index contributed by atoms with van der Waals surface area (Å²) < 4.78 is 23.2. The van der Waals surface area contributed by atoms with Gasteiger partial charge in [0.05, 0.1) is 12.3 Å². The van der Waals surface area contributed by atoms with Crippen LogP contribution in [0, 0.1) is 5.92 Å². The number of benzene rings is 1. The molecule has 26 heavy (non-hydrogen) atoms. The standard InChI is InChI=1S/C19H30NO5P/c1-14(16-7-8-18-19(9-16)25-13-24-18)20-10-17(21)12-26(22,23)11-15-5-3-2-4-6-15/h7-9,14-15,17,20-21H,2-6,10-13H2,1H3,(H,22,23)/t14?,17-/m0/s1. The number of aliphatic hydroxyl groups is 1. The van der Waals surface area contributed by atoms with Gasteiger partial charge in [0.1, 0.15) is 0 Å². The summed E-state index contributed by atoms with van der Waals surface area (Å²) in [5, 5.41) is 13.5. The van der Waals surface area contributed by atoms with Gasteiger partial charge in [0.25, 0.3) is 0 Å². The summed E-state index contributed by atoms with van der Waals surface area (Å²) in [6.07, 6.45) is 5.11. The van der Waals surface area contributed by atoms with Crippen LogP contribution in [0.15, 0.2) is 18.2 Å². The highest BCUT2D eigenvalue weighted by Gasteiger charge is 2.28. The first-order chi connectivity index (χ1) is 12.4. The molecule has 1 aliphatic carbocycles. The molecular formula is C19H30NO5P. The molecule has 3 atom stereocenters. The van der Waals surface area contributed by atoms with Gasteiger partial charge in [0.2, 0.25) is 14.2 Å². The summed E-state index contributed by atoms with van der Waals surface area (Å²) in [4.78, 5) is 10.3. The zero-order valence-electron chi connectivity index (χ0n) is 15.4. The van der Waals surface area contributed by atoms with Crippen molar-refractivity contribution >= 4 is 7.37 Å². The highest BCUT2D eigenvalue weighted by molar-refractivity contribution is 7.58. The first kappa shape index (κ1) is 19.7. The van der Waals surface area contributed by atoms with Crippen molar-refractivity contribution in [2.24, 2.45) is 5.92 Å². The monoisotopic (exact) mass is 383 g/mol. The zero-order chi connectivity index (χ0) is 18.6. The molecule has 0 saturated heterocycles. The lowest BCUT2D eigenvalue weighted by Gasteiger charge is -2.25. The molecule has 1 aromatic carbocycles. The van der Waals surface area contributed by atoms with Crippen molar-refractivity contribution in [1.82, 2.24) is 5.32 Å². The number of rotatable bonds is 8. The molecule has 0 radical (unpaired) electrons. The quantitative estimate of drug-likeness (QED) is 0.597. The van der Waals surface area contributed by atoms with Crippen LogP contribution in [-0.4, -0.2) is 41.8 Å². The Hall–Kier alpha value is -1.07. The van der Waals surface area contributed by atoms with Crippen molar-refractivity contribution < 1.29 is 24.0 Å². The smallest absolute Gasteiger partial charge is 0.231 e. The Kier molecular flexibility index (Phi) is 6.62. The third-order valence-corrected chi connectivity index (χ3v) is 7.40. The maximum atomic E-state index is 12.5. The van der Waals surface area contributed by atoms with Gasteiger partial charge in [0.15, 0.2) is 11.5 Å². The van der Waals surface area contributed by atoms with Gasteiger partial charge in [0, 0.05) is 18.7 Å². The van der Waals surface area contributed by atoms with Crippen LogP contribution in [0.1, 0.15) is 50.6 Å². The SMILES string of the molecule is CC(NC[C@H](O)CP(=O)(O)CC1CCCCC1)c1ccc2c(c1)OCO2. The highest BCUT2D eigenvalue weighted by Crippen LogP contribution is 2.46. The molecule has 1 heterocycles. The Morgan fingerprint density at radius 1 is 1.23 bits per heavy atom. The highest BCUT2D eigenvalue weighted by atomic mass is 31.2. The lowest BCUT2D eigenvalue weighted by molar-refractivity contribution is 0.174. The Balaban J connectivity index is 1.45. The van der Waals surface area contributed by atoms with Crippen LogP contribution in [0.25, 0.3) is 0 Å². The van der Waals surface area contributed by atoms with E-state index in [2.05, 4.69) is 5.32 Å². The van der Waals surface area contributed by atoms with Crippen LogP contribution < -0.4 is 14.8 Å². The predicted octanol–water partition coefficient (Wildman–Crippen LogP) is 3.28. The van der Waals surface area contributed by atoms with E-state index in [1.54, 1.807) is 0 Å². The van der Waals surface area contributed by atoms with Crippen LogP contribution in [0.4, 0.5) is 0 Å². The number of hydrogen-bond acceptors (Lipinski definition) is 5. The Morgan fingerprint density at radius 3 is 2.73 bits per heavy atom. The van der Waals surface area contributed by atoms with Crippen molar-refractivity contribution in [3.05, 3.63) is 23.8 Å². The summed E-state index contributed by atoms with van der Waals surface area (Å²) in [6.45, 7) is 2.52. The van der Waals surface area contributed by atoms with E-state index in [1.165, 1.54) is 6.42 Å². The summed E-state index contributed by atoms with van der Waals surface area (Å²) >= 11 is 0. The lowest BCUT2D eigenvalue weighted by atomic mass is 9.91. The molecule has 1 saturated carbocycles. The van der Waals surface area contributed by atoms with Crippen molar-refractivity contribution in [1.29, 1.82) is 0 Å². The van der Waals surface area contributed by atoms with E-state index in [0.29, 0.717) is 12.1 Å². The van der Waals surface area contributed by atoms with Crippen LogP contribution >= 0.6 is 7.37 Å². The molecule has 0 bridgehead atoms. The van der Waals surface area contributed by atoms with Gasteiger partial charge in [-0.1, -0.05) is 25.3 Å². The maximum absolute atomic E-state index is 12.5. The summed E-state index contributed by atoms with van der Waals surface area (Å²) in [6, 6.07) is 5.75. The fourth-order valence-electron chi connectivity index (χ4n) is 3.85.